The Morgan fingerprint density at radius 1 is 1.76 bits per heavy atom. The number of carbonyl (C=O) groups excluding carboxylic acids is 1. The first-order chi connectivity index (χ1) is 8.25. The molecule has 6 heteroatoms. The second-order valence-electron chi connectivity index (χ2n) is 3.59. The summed E-state index contributed by atoms with van der Waals surface area (Å²) in [5, 5.41) is 2.89. The van der Waals surface area contributed by atoms with E-state index in [4.69, 9.17) is 4.42 Å². The highest BCUT2D eigenvalue weighted by molar-refractivity contribution is 8.39. The van der Waals surface area contributed by atoms with Crippen molar-refractivity contribution in [2.24, 2.45) is 4.99 Å². The van der Waals surface area contributed by atoms with E-state index in [2.05, 4.69) is 10.3 Å². The summed E-state index contributed by atoms with van der Waals surface area (Å²) in [5.74, 6) is 2.23. The van der Waals surface area contributed by atoms with Crippen LogP contribution in [0.1, 0.15) is 18.7 Å². The number of thioether (sulfide) groups is 2. The Balaban J connectivity index is 1.73. The van der Waals surface area contributed by atoms with E-state index in [1.165, 1.54) is 11.8 Å². The van der Waals surface area contributed by atoms with E-state index in [1.54, 1.807) is 18.0 Å². The quantitative estimate of drug-likeness (QED) is 0.912. The minimum absolute atomic E-state index is 0.00843. The average Bonchev–Trinajstić information content (AvgIpc) is 2.99. The highest BCUT2D eigenvalue weighted by atomic mass is 32.2. The second kappa shape index (κ2) is 6.16. The van der Waals surface area contributed by atoms with Crippen molar-refractivity contribution in [1.82, 2.24) is 5.32 Å². The fraction of sp³-hybridized carbons (Fsp3) is 0.455. The molecule has 4 nitrogen and oxygen atoms in total. The van der Waals surface area contributed by atoms with Gasteiger partial charge in [-0.2, -0.15) is 0 Å². The van der Waals surface area contributed by atoms with Crippen molar-refractivity contribution in [3.63, 3.8) is 0 Å². The maximum atomic E-state index is 11.7. The molecule has 1 aliphatic rings. The van der Waals surface area contributed by atoms with Crippen LogP contribution < -0.4 is 5.32 Å². The van der Waals surface area contributed by atoms with Crippen LogP contribution in [0.25, 0.3) is 0 Å². The van der Waals surface area contributed by atoms with Crippen LogP contribution in [-0.4, -0.2) is 28.3 Å². The van der Waals surface area contributed by atoms with Crippen molar-refractivity contribution in [3.8, 4) is 0 Å². The molecule has 1 atom stereocenters. The maximum Gasteiger partial charge on any atom is 0.231 e. The molecule has 0 fully saturated rings. The first-order valence-corrected chi connectivity index (χ1v) is 7.35. The van der Waals surface area contributed by atoms with Crippen molar-refractivity contribution in [1.29, 1.82) is 0 Å². The smallest absolute Gasteiger partial charge is 0.231 e. The molecule has 0 bridgehead atoms. The number of rotatable bonds is 4. The normalized spacial score (nSPS) is 16.6. The average molecular weight is 270 g/mol. The molecule has 2 rings (SSSR count). The van der Waals surface area contributed by atoms with Crippen LogP contribution >= 0.6 is 23.5 Å². The Hall–Kier alpha value is -0.880. The highest BCUT2D eigenvalue weighted by Crippen LogP contribution is 2.22. The summed E-state index contributed by atoms with van der Waals surface area (Å²) in [5.41, 5.74) is 0. The van der Waals surface area contributed by atoms with Gasteiger partial charge in [-0.3, -0.25) is 9.79 Å². The second-order valence-corrected chi connectivity index (χ2v) is 5.90. The zero-order valence-electron chi connectivity index (χ0n) is 9.51. The van der Waals surface area contributed by atoms with Crippen LogP contribution in [0.2, 0.25) is 0 Å². The lowest BCUT2D eigenvalue weighted by atomic mass is 10.2. The summed E-state index contributed by atoms with van der Waals surface area (Å²) in [6, 6.07) is 3.59. The van der Waals surface area contributed by atoms with Gasteiger partial charge in [0.25, 0.3) is 0 Å². The summed E-state index contributed by atoms with van der Waals surface area (Å²) in [6.45, 7) is 2.78. The molecule has 0 unspecified atom stereocenters. The van der Waals surface area contributed by atoms with Crippen LogP contribution in [0.4, 0.5) is 0 Å². The first kappa shape index (κ1) is 12.6. The molecule has 1 N–H and O–H groups in total. The van der Waals surface area contributed by atoms with Crippen LogP contribution in [-0.2, 0) is 4.79 Å². The molecule has 1 aromatic heterocycles. The lowest BCUT2D eigenvalue weighted by Gasteiger charge is -2.10. The van der Waals surface area contributed by atoms with Gasteiger partial charge in [-0.15, -0.1) is 0 Å². The predicted molar refractivity (Wildman–Crippen MR) is 72.5 cm³/mol. The molecule has 0 spiro atoms. The largest absolute Gasteiger partial charge is 0.467 e. The van der Waals surface area contributed by atoms with Crippen LogP contribution in [0, 0.1) is 0 Å². The van der Waals surface area contributed by atoms with Gasteiger partial charge in [-0.25, -0.2) is 0 Å². The van der Waals surface area contributed by atoms with Gasteiger partial charge in [0.1, 0.15) is 10.1 Å². The molecule has 1 amide bonds. The molecule has 0 aromatic carbocycles. The first-order valence-electron chi connectivity index (χ1n) is 5.38. The Kier molecular flexibility index (Phi) is 4.56. The Morgan fingerprint density at radius 3 is 3.29 bits per heavy atom. The van der Waals surface area contributed by atoms with E-state index in [0.717, 1.165) is 22.4 Å². The zero-order chi connectivity index (χ0) is 12.1. The van der Waals surface area contributed by atoms with E-state index in [1.807, 2.05) is 19.1 Å². The fourth-order valence-corrected chi connectivity index (χ4v) is 3.24. The number of carbonyl (C=O) groups is 1. The van der Waals surface area contributed by atoms with Crippen molar-refractivity contribution < 1.29 is 9.21 Å². The van der Waals surface area contributed by atoms with Crippen LogP contribution in [0.5, 0.6) is 0 Å². The molecular weight excluding hydrogens is 256 g/mol. The third-order valence-corrected chi connectivity index (χ3v) is 4.48. The predicted octanol–water partition coefficient (Wildman–Crippen LogP) is 2.29. The summed E-state index contributed by atoms with van der Waals surface area (Å²) in [6.07, 6.45) is 1.61. The van der Waals surface area contributed by atoms with Gasteiger partial charge >= 0.3 is 0 Å². The van der Waals surface area contributed by atoms with Crippen LogP contribution in [0.15, 0.2) is 27.8 Å². The Morgan fingerprint density at radius 2 is 2.65 bits per heavy atom. The van der Waals surface area contributed by atoms with E-state index in [0.29, 0.717) is 5.75 Å². The molecule has 0 saturated carbocycles. The molecule has 1 aromatic rings. The molecular formula is C11H14N2O2S2. The van der Waals surface area contributed by atoms with Gasteiger partial charge in [0.15, 0.2) is 0 Å². The minimum atomic E-state index is -0.0868. The van der Waals surface area contributed by atoms with Gasteiger partial charge in [0.2, 0.25) is 5.91 Å². The third kappa shape index (κ3) is 3.81. The maximum absolute atomic E-state index is 11.7. The molecule has 17 heavy (non-hydrogen) atoms. The van der Waals surface area contributed by atoms with Crippen LogP contribution in [0.3, 0.4) is 0 Å². The number of nitrogens with zero attached hydrogens (tertiary/aromatic N) is 1. The molecule has 1 aliphatic heterocycles. The fourth-order valence-electron chi connectivity index (χ4n) is 1.42. The molecule has 0 saturated heterocycles. The number of nitrogens with one attached hydrogen (secondary N) is 1. The van der Waals surface area contributed by atoms with E-state index in [9.17, 15) is 4.79 Å². The van der Waals surface area contributed by atoms with Gasteiger partial charge in [0.05, 0.1) is 24.6 Å². The highest BCUT2D eigenvalue weighted by Gasteiger charge is 2.14. The van der Waals surface area contributed by atoms with Crippen molar-refractivity contribution in [2.45, 2.75) is 13.0 Å². The van der Waals surface area contributed by atoms with Gasteiger partial charge in [-0.1, -0.05) is 23.5 Å². The summed E-state index contributed by atoms with van der Waals surface area (Å²) in [4.78, 5) is 15.9. The number of hydrogen-bond donors (Lipinski definition) is 1. The number of furan rings is 1. The standard InChI is InChI=1S/C11H14N2O2S2/c1-8(9-3-2-5-15-9)13-10(14)7-17-11-12-4-6-16-11/h2-3,5,8H,4,6-7H2,1H3,(H,13,14)/t8-/m1/s1. The third-order valence-electron chi connectivity index (χ3n) is 2.23. The molecule has 92 valence electrons. The number of hydrogen-bond acceptors (Lipinski definition) is 5. The van der Waals surface area contributed by atoms with E-state index in [-0.39, 0.29) is 11.9 Å². The Labute approximate surface area is 109 Å². The van der Waals surface area contributed by atoms with Gasteiger partial charge in [-0.05, 0) is 19.1 Å². The summed E-state index contributed by atoms with van der Waals surface area (Å²) in [7, 11) is 0. The molecule has 0 aliphatic carbocycles. The van der Waals surface area contributed by atoms with E-state index < -0.39 is 0 Å². The van der Waals surface area contributed by atoms with Crippen molar-refractivity contribution in [3.05, 3.63) is 24.2 Å². The summed E-state index contributed by atoms with van der Waals surface area (Å²) < 4.78 is 6.24. The van der Waals surface area contributed by atoms with Gasteiger partial charge in [0, 0.05) is 5.75 Å². The van der Waals surface area contributed by atoms with E-state index >= 15 is 0 Å². The Bertz CT molecular complexity index is 404. The SMILES string of the molecule is C[C@@H](NC(=O)CSC1=NCCS1)c1ccco1. The van der Waals surface area contributed by atoms with Crippen molar-refractivity contribution in [2.75, 3.05) is 18.1 Å². The number of aliphatic imine (C=N–C) groups is 1. The number of amides is 1. The minimum Gasteiger partial charge on any atom is -0.467 e. The van der Waals surface area contributed by atoms with Gasteiger partial charge < -0.3 is 9.73 Å². The molecule has 2 heterocycles. The van der Waals surface area contributed by atoms with Crippen molar-refractivity contribution >= 4 is 33.8 Å². The monoisotopic (exact) mass is 270 g/mol. The topological polar surface area (TPSA) is 54.6 Å². The molecule has 0 radical (unpaired) electrons. The zero-order valence-corrected chi connectivity index (χ0v) is 11.1. The lowest BCUT2D eigenvalue weighted by Crippen LogP contribution is -2.28. The summed E-state index contributed by atoms with van der Waals surface area (Å²) >= 11 is 3.22. The lowest BCUT2D eigenvalue weighted by molar-refractivity contribution is -0.119.